The fraction of sp³-hybridized carbons (Fsp3) is 0.769. The van der Waals surface area contributed by atoms with Gasteiger partial charge in [0.05, 0.1) is 6.61 Å². The Bertz CT molecular complexity index is 334. The van der Waals surface area contributed by atoms with Crippen molar-refractivity contribution in [3.63, 3.8) is 0 Å². The molecule has 2 atom stereocenters. The molecule has 0 bridgehead atoms. The molecule has 1 rings (SSSR count). The minimum atomic E-state index is -1.07. The van der Waals surface area contributed by atoms with E-state index in [1.54, 1.807) is 13.8 Å². The van der Waals surface area contributed by atoms with Crippen molar-refractivity contribution in [3.05, 3.63) is 0 Å². The van der Waals surface area contributed by atoms with Crippen molar-refractivity contribution in [2.75, 3.05) is 6.61 Å². The minimum absolute atomic E-state index is 0.000809. The Morgan fingerprint density at radius 2 is 2.12 bits per heavy atom. The predicted octanol–water partition coefficient (Wildman–Crippen LogP) is 1.90. The molecule has 1 aliphatic rings. The number of carbonyl (C=O) groups excluding carboxylic acids is 3. The molecule has 0 aliphatic heterocycles. The van der Waals surface area contributed by atoms with Crippen molar-refractivity contribution in [1.82, 2.24) is 0 Å². The second kappa shape index (κ2) is 5.43. The highest BCUT2D eigenvalue weighted by Crippen LogP contribution is 2.44. The van der Waals surface area contributed by atoms with E-state index in [9.17, 15) is 14.4 Å². The number of rotatable bonds is 5. The Labute approximate surface area is 102 Å². The molecule has 0 unspecified atom stereocenters. The summed E-state index contributed by atoms with van der Waals surface area (Å²) in [4.78, 5) is 35.2. The van der Waals surface area contributed by atoms with Gasteiger partial charge in [0.2, 0.25) is 0 Å². The standard InChI is InChI=1S/C13H20O4/c1-4-17-12(16)13(7-5-6-11(13)15)9(2)8-10(3)14/h9H,4-8H2,1-3H3/t9-,13+/m0/s1. The average molecular weight is 240 g/mol. The number of ketones is 2. The number of Topliss-reactive ketones (excluding diaryl/α,β-unsaturated/α-hetero) is 2. The third kappa shape index (κ3) is 2.56. The molecule has 0 saturated heterocycles. The van der Waals surface area contributed by atoms with Crippen LogP contribution in [0.4, 0.5) is 0 Å². The van der Waals surface area contributed by atoms with Gasteiger partial charge < -0.3 is 9.53 Å². The number of carbonyl (C=O) groups is 3. The van der Waals surface area contributed by atoms with E-state index in [4.69, 9.17) is 4.74 Å². The zero-order valence-electron chi connectivity index (χ0n) is 10.7. The quantitative estimate of drug-likeness (QED) is 0.544. The zero-order valence-corrected chi connectivity index (χ0v) is 10.7. The Balaban J connectivity index is 2.97. The van der Waals surface area contributed by atoms with E-state index in [1.165, 1.54) is 6.92 Å². The molecule has 0 heterocycles. The van der Waals surface area contributed by atoms with Gasteiger partial charge in [0.25, 0.3) is 0 Å². The smallest absolute Gasteiger partial charge is 0.319 e. The number of hydrogen-bond donors (Lipinski definition) is 0. The van der Waals surface area contributed by atoms with Crippen LogP contribution in [-0.2, 0) is 19.1 Å². The predicted molar refractivity (Wildman–Crippen MR) is 62.4 cm³/mol. The Morgan fingerprint density at radius 1 is 1.47 bits per heavy atom. The van der Waals surface area contributed by atoms with Gasteiger partial charge in [0.1, 0.15) is 17.0 Å². The van der Waals surface area contributed by atoms with Crippen molar-refractivity contribution in [3.8, 4) is 0 Å². The maximum absolute atomic E-state index is 12.0. The third-order valence-corrected chi connectivity index (χ3v) is 3.55. The number of hydrogen-bond acceptors (Lipinski definition) is 4. The minimum Gasteiger partial charge on any atom is -0.465 e. The second-order valence-electron chi connectivity index (χ2n) is 4.78. The van der Waals surface area contributed by atoms with Gasteiger partial charge in [0, 0.05) is 12.8 Å². The van der Waals surface area contributed by atoms with Crippen molar-refractivity contribution < 1.29 is 19.1 Å². The van der Waals surface area contributed by atoms with Gasteiger partial charge in [-0.15, -0.1) is 0 Å². The summed E-state index contributed by atoms with van der Waals surface area (Å²) < 4.78 is 5.03. The van der Waals surface area contributed by atoms with E-state index in [2.05, 4.69) is 0 Å². The van der Waals surface area contributed by atoms with Crippen LogP contribution in [0.3, 0.4) is 0 Å². The normalized spacial score (nSPS) is 25.7. The number of ether oxygens (including phenoxy) is 1. The Kier molecular flexibility index (Phi) is 4.43. The van der Waals surface area contributed by atoms with Crippen molar-refractivity contribution in [1.29, 1.82) is 0 Å². The molecule has 0 aromatic heterocycles. The van der Waals surface area contributed by atoms with Crippen LogP contribution in [0.5, 0.6) is 0 Å². The van der Waals surface area contributed by atoms with Crippen LogP contribution in [0.15, 0.2) is 0 Å². The zero-order chi connectivity index (χ0) is 13.1. The summed E-state index contributed by atoms with van der Waals surface area (Å²) >= 11 is 0. The van der Waals surface area contributed by atoms with Gasteiger partial charge in [-0.2, -0.15) is 0 Å². The molecule has 1 saturated carbocycles. The van der Waals surface area contributed by atoms with Gasteiger partial charge in [-0.3, -0.25) is 9.59 Å². The first-order valence-electron chi connectivity index (χ1n) is 6.15. The number of esters is 1. The van der Waals surface area contributed by atoms with Crippen LogP contribution in [0, 0.1) is 11.3 Å². The molecule has 1 aliphatic carbocycles. The molecule has 0 radical (unpaired) electrons. The third-order valence-electron chi connectivity index (χ3n) is 3.55. The second-order valence-corrected chi connectivity index (χ2v) is 4.78. The first-order chi connectivity index (χ1) is 7.95. The first kappa shape index (κ1) is 13.9. The van der Waals surface area contributed by atoms with Crippen molar-refractivity contribution in [2.45, 2.75) is 46.5 Å². The van der Waals surface area contributed by atoms with E-state index in [1.807, 2.05) is 0 Å². The summed E-state index contributed by atoms with van der Waals surface area (Å²) in [5.41, 5.74) is -1.07. The lowest BCUT2D eigenvalue weighted by Gasteiger charge is -2.30. The van der Waals surface area contributed by atoms with Crippen LogP contribution in [0.25, 0.3) is 0 Å². The molecule has 0 aromatic carbocycles. The van der Waals surface area contributed by atoms with E-state index in [0.717, 1.165) is 0 Å². The van der Waals surface area contributed by atoms with E-state index in [0.29, 0.717) is 19.3 Å². The van der Waals surface area contributed by atoms with Crippen LogP contribution in [0.1, 0.15) is 46.5 Å². The van der Waals surface area contributed by atoms with E-state index < -0.39 is 11.4 Å². The van der Waals surface area contributed by atoms with Gasteiger partial charge in [0.15, 0.2) is 0 Å². The molecule has 96 valence electrons. The Hall–Kier alpha value is -1.19. The molecular weight excluding hydrogens is 220 g/mol. The summed E-state index contributed by atoms with van der Waals surface area (Å²) in [6, 6.07) is 0. The Morgan fingerprint density at radius 3 is 2.53 bits per heavy atom. The van der Waals surface area contributed by atoms with Gasteiger partial charge in [-0.05, 0) is 32.6 Å². The van der Waals surface area contributed by atoms with E-state index >= 15 is 0 Å². The highest BCUT2D eigenvalue weighted by atomic mass is 16.5. The highest BCUT2D eigenvalue weighted by Gasteiger charge is 2.53. The lowest BCUT2D eigenvalue weighted by Crippen LogP contribution is -2.43. The molecule has 0 N–H and O–H groups in total. The summed E-state index contributed by atoms with van der Waals surface area (Å²) in [7, 11) is 0. The van der Waals surface area contributed by atoms with Crippen LogP contribution >= 0.6 is 0 Å². The van der Waals surface area contributed by atoms with Gasteiger partial charge >= 0.3 is 5.97 Å². The average Bonchev–Trinajstić information content (AvgIpc) is 2.60. The monoisotopic (exact) mass is 240 g/mol. The van der Waals surface area contributed by atoms with Crippen molar-refractivity contribution >= 4 is 17.5 Å². The maximum Gasteiger partial charge on any atom is 0.319 e. The SMILES string of the molecule is CCOC(=O)[C@@]1([C@@H](C)CC(C)=O)CCCC1=O. The highest BCUT2D eigenvalue weighted by molar-refractivity contribution is 6.06. The van der Waals surface area contributed by atoms with Crippen LogP contribution in [-0.4, -0.2) is 24.1 Å². The molecular formula is C13H20O4. The maximum atomic E-state index is 12.0. The lowest BCUT2D eigenvalue weighted by molar-refractivity contribution is -0.162. The molecule has 0 spiro atoms. The molecule has 4 heteroatoms. The van der Waals surface area contributed by atoms with Crippen LogP contribution < -0.4 is 0 Å². The fourth-order valence-electron chi connectivity index (χ4n) is 2.69. The molecule has 0 amide bonds. The largest absolute Gasteiger partial charge is 0.465 e. The molecule has 0 aromatic rings. The van der Waals surface area contributed by atoms with Gasteiger partial charge in [-0.25, -0.2) is 0 Å². The molecule has 17 heavy (non-hydrogen) atoms. The summed E-state index contributed by atoms with van der Waals surface area (Å²) in [5, 5.41) is 0. The van der Waals surface area contributed by atoms with Gasteiger partial charge in [-0.1, -0.05) is 6.92 Å². The fourth-order valence-corrected chi connectivity index (χ4v) is 2.69. The topological polar surface area (TPSA) is 60.4 Å². The lowest BCUT2D eigenvalue weighted by atomic mass is 9.72. The summed E-state index contributed by atoms with van der Waals surface area (Å²) in [5.74, 6) is -0.782. The van der Waals surface area contributed by atoms with E-state index in [-0.39, 0.29) is 30.5 Å². The summed E-state index contributed by atoms with van der Waals surface area (Å²) in [6.45, 7) is 5.26. The molecule has 1 fully saturated rings. The van der Waals surface area contributed by atoms with Crippen molar-refractivity contribution in [2.24, 2.45) is 11.3 Å². The summed E-state index contributed by atoms with van der Waals surface area (Å²) in [6.07, 6.45) is 1.89. The van der Waals surface area contributed by atoms with Crippen LogP contribution in [0.2, 0.25) is 0 Å². The first-order valence-corrected chi connectivity index (χ1v) is 6.15. The molecule has 4 nitrogen and oxygen atoms in total.